The Balaban J connectivity index is 2.59. The molecule has 1 aromatic rings. The van der Waals surface area contributed by atoms with Crippen molar-refractivity contribution >= 4 is 17.6 Å². The van der Waals surface area contributed by atoms with E-state index < -0.39 is 0 Å². The second-order valence-corrected chi connectivity index (χ2v) is 5.06. The average molecular weight is 253 g/mol. The van der Waals surface area contributed by atoms with E-state index in [0.29, 0.717) is 0 Å². The van der Waals surface area contributed by atoms with Crippen molar-refractivity contribution in [3.63, 3.8) is 0 Å². The van der Waals surface area contributed by atoms with Gasteiger partial charge in [-0.2, -0.15) is 0 Å². The maximum Gasteiger partial charge on any atom is 0.131 e. The second kappa shape index (κ2) is 8.34. The predicted molar refractivity (Wildman–Crippen MR) is 75.8 cm³/mol. The fourth-order valence-electron chi connectivity index (χ4n) is 1.51. The van der Waals surface area contributed by atoms with Crippen LogP contribution in [0.5, 0.6) is 0 Å². The van der Waals surface area contributed by atoms with Crippen LogP contribution in [0.25, 0.3) is 0 Å². The average Bonchev–Trinajstić information content (AvgIpc) is 2.35. The van der Waals surface area contributed by atoms with Crippen molar-refractivity contribution in [2.75, 3.05) is 17.6 Å². The van der Waals surface area contributed by atoms with E-state index in [1.54, 1.807) is 0 Å². The minimum absolute atomic E-state index is 0.891. The predicted octanol–water partition coefficient (Wildman–Crippen LogP) is 3.75. The van der Waals surface area contributed by atoms with Gasteiger partial charge in [0.25, 0.3) is 0 Å². The lowest BCUT2D eigenvalue weighted by Gasteiger charge is -2.07. The van der Waals surface area contributed by atoms with E-state index in [-0.39, 0.29) is 0 Å². The van der Waals surface area contributed by atoms with Crippen LogP contribution in [-0.4, -0.2) is 22.3 Å². The van der Waals surface area contributed by atoms with Gasteiger partial charge in [-0.05, 0) is 19.1 Å². The number of aromatic nitrogens is 2. The normalized spacial score (nSPS) is 10.5. The molecule has 96 valence electrons. The molecule has 0 aliphatic rings. The van der Waals surface area contributed by atoms with Crippen molar-refractivity contribution < 1.29 is 0 Å². The third kappa shape index (κ3) is 5.39. The monoisotopic (exact) mass is 253 g/mol. The third-order valence-corrected chi connectivity index (χ3v) is 3.42. The summed E-state index contributed by atoms with van der Waals surface area (Å²) >= 11 is 1.84. The van der Waals surface area contributed by atoms with Crippen LogP contribution in [0.2, 0.25) is 0 Å². The lowest BCUT2D eigenvalue weighted by Crippen LogP contribution is -2.03. The van der Waals surface area contributed by atoms with Crippen LogP contribution in [0.3, 0.4) is 0 Å². The SMILES string of the molecule is CCCCCSc1cc(NCC)nc(CC)n1. The Kier molecular flexibility index (Phi) is 7.01. The van der Waals surface area contributed by atoms with Crippen molar-refractivity contribution in [1.29, 1.82) is 0 Å². The fraction of sp³-hybridized carbons (Fsp3) is 0.692. The summed E-state index contributed by atoms with van der Waals surface area (Å²) in [5, 5.41) is 4.36. The summed E-state index contributed by atoms with van der Waals surface area (Å²) in [5.41, 5.74) is 0. The Hall–Kier alpha value is -0.770. The highest BCUT2D eigenvalue weighted by Crippen LogP contribution is 2.20. The molecule has 1 aromatic heterocycles. The van der Waals surface area contributed by atoms with E-state index in [9.17, 15) is 0 Å². The molecule has 0 amide bonds. The third-order valence-electron chi connectivity index (χ3n) is 2.42. The van der Waals surface area contributed by atoms with Gasteiger partial charge in [-0.3, -0.25) is 0 Å². The smallest absolute Gasteiger partial charge is 0.131 e. The van der Waals surface area contributed by atoms with Gasteiger partial charge >= 0.3 is 0 Å². The van der Waals surface area contributed by atoms with E-state index >= 15 is 0 Å². The van der Waals surface area contributed by atoms with Crippen molar-refractivity contribution in [3.8, 4) is 0 Å². The molecule has 1 heterocycles. The number of nitrogens with zero attached hydrogens (tertiary/aromatic N) is 2. The molecule has 3 nitrogen and oxygen atoms in total. The molecule has 0 aliphatic heterocycles. The largest absolute Gasteiger partial charge is 0.370 e. The second-order valence-electron chi connectivity index (χ2n) is 3.95. The number of rotatable bonds is 8. The maximum absolute atomic E-state index is 4.54. The van der Waals surface area contributed by atoms with Gasteiger partial charge in [0.2, 0.25) is 0 Å². The summed E-state index contributed by atoms with van der Waals surface area (Å²) in [6.45, 7) is 7.31. The summed E-state index contributed by atoms with van der Waals surface area (Å²) in [6.07, 6.45) is 4.73. The molecule has 0 bridgehead atoms. The first kappa shape index (κ1) is 14.3. The molecule has 0 saturated carbocycles. The number of nitrogens with one attached hydrogen (secondary N) is 1. The first-order chi connectivity index (χ1) is 8.30. The van der Waals surface area contributed by atoms with Crippen LogP contribution in [0.4, 0.5) is 5.82 Å². The molecule has 1 N–H and O–H groups in total. The van der Waals surface area contributed by atoms with Crippen LogP contribution in [0.1, 0.15) is 45.9 Å². The molecule has 0 unspecified atom stereocenters. The van der Waals surface area contributed by atoms with E-state index in [0.717, 1.165) is 35.4 Å². The van der Waals surface area contributed by atoms with Crippen molar-refractivity contribution in [3.05, 3.63) is 11.9 Å². The number of thioether (sulfide) groups is 1. The van der Waals surface area contributed by atoms with Gasteiger partial charge < -0.3 is 5.32 Å². The standard InChI is InChI=1S/C13H23N3S/c1-4-7-8-9-17-13-10-12(14-6-3)15-11(5-2)16-13/h10H,4-9H2,1-3H3,(H,14,15,16). The van der Waals surface area contributed by atoms with Crippen LogP contribution >= 0.6 is 11.8 Å². The molecular weight excluding hydrogens is 230 g/mol. The first-order valence-electron chi connectivity index (χ1n) is 6.54. The fourth-order valence-corrected chi connectivity index (χ4v) is 2.43. The van der Waals surface area contributed by atoms with Gasteiger partial charge in [-0.1, -0.05) is 26.7 Å². The van der Waals surface area contributed by atoms with Gasteiger partial charge in [-0.15, -0.1) is 11.8 Å². The highest BCUT2D eigenvalue weighted by atomic mass is 32.2. The zero-order valence-corrected chi connectivity index (χ0v) is 11.9. The van der Waals surface area contributed by atoms with Gasteiger partial charge in [-0.25, -0.2) is 9.97 Å². The van der Waals surface area contributed by atoms with Crippen LogP contribution in [0, 0.1) is 0 Å². The maximum atomic E-state index is 4.54. The number of hydrogen-bond acceptors (Lipinski definition) is 4. The van der Waals surface area contributed by atoms with Crippen molar-refractivity contribution in [2.45, 2.75) is 51.5 Å². The number of hydrogen-bond donors (Lipinski definition) is 1. The number of anilines is 1. The molecule has 4 heteroatoms. The molecular formula is C13H23N3S. The highest BCUT2D eigenvalue weighted by Gasteiger charge is 2.03. The summed E-state index contributed by atoms with van der Waals surface area (Å²) in [4.78, 5) is 8.99. The zero-order chi connectivity index (χ0) is 12.5. The molecule has 0 aliphatic carbocycles. The molecule has 0 spiro atoms. The lowest BCUT2D eigenvalue weighted by molar-refractivity contribution is 0.777. The molecule has 0 aromatic carbocycles. The van der Waals surface area contributed by atoms with Gasteiger partial charge in [0.1, 0.15) is 16.7 Å². The van der Waals surface area contributed by atoms with E-state index in [4.69, 9.17) is 0 Å². The summed E-state index contributed by atoms with van der Waals surface area (Å²) in [6, 6.07) is 2.05. The van der Waals surface area contributed by atoms with Crippen molar-refractivity contribution in [2.24, 2.45) is 0 Å². The van der Waals surface area contributed by atoms with Crippen LogP contribution < -0.4 is 5.32 Å². The van der Waals surface area contributed by atoms with E-state index in [1.807, 2.05) is 11.8 Å². The Morgan fingerprint density at radius 2 is 2.00 bits per heavy atom. The summed E-state index contributed by atoms with van der Waals surface area (Å²) < 4.78 is 0. The number of aryl methyl sites for hydroxylation is 1. The van der Waals surface area contributed by atoms with Crippen molar-refractivity contribution in [1.82, 2.24) is 9.97 Å². The minimum Gasteiger partial charge on any atom is -0.370 e. The minimum atomic E-state index is 0.891. The van der Waals surface area contributed by atoms with E-state index in [2.05, 4.69) is 42.1 Å². The van der Waals surface area contributed by atoms with E-state index in [1.165, 1.54) is 19.3 Å². The quantitative estimate of drug-likeness (QED) is 0.435. The molecule has 0 saturated heterocycles. The molecule has 0 radical (unpaired) electrons. The van der Waals surface area contributed by atoms with Gasteiger partial charge in [0, 0.05) is 19.0 Å². The highest BCUT2D eigenvalue weighted by molar-refractivity contribution is 7.99. The molecule has 0 fully saturated rings. The molecule has 0 atom stereocenters. The van der Waals surface area contributed by atoms with Crippen LogP contribution in [0.15, 0.2) is 11.1 Å². The number of unbranched alkanes of at least 4 members (excludes halogenated alkanes) is 2. The molecule has 17 heavy (non-hydrogen) atoms. The van der Waals surface area contributed by atoms with Gasteiger partial charge in [0.05, 0.1) is 0 Å². The van der Waals surface area contributed by atoms with Crippen LogP contribution in [-0.2, 0) is 6.42 Å². The Labute approximate surface area is 109 Å². The topological polar surface area (TPSA) is 37.8 Å². The Morgan fingerprint density at radius 1 is 1.18 bits per heavy atom. The first-order valence-corrected chi connectivity index (χ1v) is 7.53. The zero-order valence-electron chi connectivity index (χ0n) is 11.1. The lowest BCUT2D eigenvalue weighted by atomic mass is 10.3. The summed E-state index contributed by atoms with van der Waals surface area (Å²) in [5.74, 6) is 3.04. The Bertz CT molecular complexity index is 328. The molecule has 1 rings (SSSR count). The summed E-state index contributed by atoms with van der Waals surface area (Å²) in [7, 11) is 0. The van der Waals surface area contributed by atoms with Gasteiger partial charge in [0.15, 0.2) is 0 Å². The Morgan fingerprint density at radius 3 is 2.65 bits per heavy atom.